The van der Waals surface area contributed by atoms with E-state index in [4.69, 9.17) is 5.73 Å². The Morgan fingerprint density at radius 3 is 2.69 bits per heavy atom. The first-order valence-electron chi connectivity index (χ1n) is 5.03. The Bertz CT molecular complexity index is 203. The van der Waals surface area contributed by atoms with Gasteiger partial charge >= 0.3 is 0 Å². The molecule has 1 saturated heterocycles. The fourth-order valence-electron chi connectivity index (χ4n) is 1.92. The van der Waals surface area contributed by atoms with Crippen molar-refractivity contribution in [2.45, 2.75) is 39.2 Å². The van der Waals surface area contributed by atoms with Crippen LogP contribution in [0, 0.1) is 5.92 Å². The van der Waals surface area contributed by atoms with E-state index in [1.807, 2.05) is 18.7 Å². The topological polar surface area (TPSA) is 46.3 Å². The minimum Gasteiger partial charge on any atom is -0.336 e. The number of likely N-dealkylation sites (tertiary alicyclic amines) is 1. The first kappa shape index (κ1) is 10.5. The number of nitrogens with two attached hydrogens (primary N) is 1. The van der Waals surface area contributed by atoms with Gasteiger partial charge in [-0.05, 0) is 19.8 Å². The monoisotopic (exact) mass is 184 g/mol. The quantitative estimate of drug-likeness (QED) is 0.695. The first-order valence-corrected chi connectivity index (χ1v) is 5.03. The van der Waals surface area contributed by atoms with Gasteiger partial charge in [0, 0.05) is 19.0 Å². The molecule has 1 aliphatic heterocycles. The van der Waals surface area contributed by atoms with Crippen LogP contribution >= 0.6 is 0 Å². The Balaban J connectivity index is 2.74. The fraction of sp³-hybridized carbons (Fsp3) is 0.900. The average molecular weight is 184 g/mol. The summed E-state index contributed by atoms with van der Waals surface area (Å²) in [5.74, 6) is 0.328. The maximum atomic E-state index is 11.8. The van der Waals surface area contributed by atoms with Gasteiger partial charge in [-0.25, -0.2) is 0 Å². The van der Waals surface area contributed by atoms with Crippen LogP contribution in [0.1, 0.15) is 33.6 Å². The zero-order chi connectivity index (χ0) is 10.1. The lowest BCUT2D eigenvalue weighted by atomic mass is 9.98. The SMILES string of the molecule is CC(C)C(=O)N1CCCC1(C)CN. The van der Waals surface area contributed by atoms with E-state index in [1.54, 1.807) is 0 Å². The minimum atomic E-state index is -0.0820. The van der Waals surface area contributed by atoms with Gasteiger partial charge < -0.3 is 10.6 Å². The molecular formula is C10H20N2O. The third kappa shape index (κ3) is 1.85. The van der Waals surface area contributed by atoms with Crippen LogP contribution in [0.5, 0.6) is 0 Å². The van der Waals surface area contributed by atoms with Gasteiger partial charge in [0.2, 0.25) is 5.91 Å². The molecule has 0 spiro atoms. The van der Waals surface area contributed by atoms with Gasteiger partial charge in [0.05, 0.1) is 5.54 Å². The second-order valence-electron chi connectivity index (χ2n) is 4.45. The summed E-state index contributed by atoms with van der Waals surface area (Å²) in [6, 6.07) is 0. The average Bonchev–Trinajstić information content (AvgIpc) is 2.47. The van der Waals surface area contributed by atoms with Crippen molar-refractivity contribution < 1.29 is 4.79 Å². The van der Waals surface area contributed by atoms with Crippen molar-refractivity contribution in [1.82, 2.24) is 4.90 Å². The van der Waals surface area contributed by atoms with E-state index in [0.29, 0.717) is 6.54 Å². The van der Waals surface area contributed by atoms with E-state index in [1.165, 1.54) is 0 Å². The van der Waals surface area contributed by atoms with Crippen LogP contribution in [-0.4, -0.2) is 29.4 Å². The van der Waals surface area contributed by atoms with E-state index in [-0.39, 0.29) is 17.4 Å². The van der Waals surface area contributed by atoms with Crippen LogP contribution in [0.25, 0.3) is 0 Å². The summed E-state index contributed by atoms with van der Waals surface area (Å²) in [4.78, 5) is 13.7. The summed E-state index contributed by atoms with van der Waals surface area (Å²) in [6.45, 7) is 7.42. The Labute approximate surface area is 80.3 Å². The molecule has 3 heteroatoms. The van der Waals surface area contributed by atoms with Crippen LogP contribution in [0.15, 0.2) is 0 Å². The summed E-state index contributed by atoms with van der Waals surface area (Å²) in [5.41, 5.74) is 5.62. The van der Waals surface area contributed by atoms with Gasteiger partial charge in [-0.3, -0.25) is 4.79 Å². The maximum absolute atomic E-state index is 11.8. The van der Waals surface area contributed by atoms with Gasteiger partial charge in [-0.15, -0.1) is 0 Å². The highest BCUT2D eigenvalue weighted by atomic mass is 16.2. The molecule has 0 saturated carbocycles. The molecule has 1 amide bonds. The molecule has 76 valence electrons. The summed E-state index contributed by atoms with van der Waals surface area (Å²) in [5, 5.41) is 0. The highest BCUT2D eigenvalue weighted by molar-refractivity contribution is 5.79. The van der Waals surface area contributed by atoms with Crippen molar-refractivity contribution in [3.05, 3.63) is 0 Å². The van der Waals surface area contributed by atoms with E-state index < -0.39 is 0 Å². The van der Waals surface area contributed by atoms with Crippen molar-refractivity contribution in [1.29, 1.82) is 0 Å². The molecule has 1 aliphatic rings. The fourth-order valence-corrected chi connectivity index (χ4v) is 1.92. The Morgan fingerprint density at radius 2 is 2.23 bits per heavy atom. The van der Waals surface area contributed by atoms with Crippen LogP contribution in [0.2, 0.25) is 0 Å². The molecule has 0 radical (unpaired) electrons. The molecule has 0 aliphatic carbocycles. The number of hydrogen-bond donors (Lipinski definition) is 1. The van der Waals surface area contributed by atoms with Crippen molar-refractivity contribution in [3.8, 4) is 0 Å². The van der Waals surface area contributed by atoms with Crippen molar-refractivity contribution in [2.24, 2.45) is 11.7 Å². The molecule has 13 heavy (non-hydrogen) atoms. The van der Waals surface area contributed by atoms with Gasteiger partial charge in [-0.1, -0.05) is 13.8 Å². The molecular weight excluding hydrogens is 164 g/mol. The molecule has 1 unspecified atom stereocenters. The molecule has 1 atom stereocenters. The molecule has 0 aromatic carbocycles. The lowest BCUT2D eigenvalue weighted by molar-refractivity contribution is -0.137. The van der Waals surface area contributed by atoms with Gasteiger partial charge in [-0.2, -0.15) is 0 Å². The maximum Gasteiger partial charge on any atom is 0.225 e. The molecule has 1 fully saturated rings. The molecule has 3 nitrogen and oxygen atoms in total. The lowest BCUT2D eigenvalue weighted by Gasteiger charge is -2.35. The third-order valence-electron chi connectivity index (χ3n) is 2.95. The molecule has 0 aromatic rings. The van der Waals surface area contributed by atoms with Gasteiger partial charge in [0.25, 0.3) is 0 Å². The number of nitrogens with zero attached hydrogens (tertiary/aromatic N) is 1. The van der Waals surface area contributed by atoms with Gasteiger partial charge in [0.1, 0.15) is 0 Å². The number of carbonyl (C=O) groups is 1. The van der Waals surface area contributed by atoms with Crippen LogP contribution < -0.4 is 5.73 Å². The second-order valence-corrected chi connectivity index (χ2v) is 4.45. The van der Waals surface area contributed by atoms with E-state index in [9.17, 15) is 4.79 Å². The molecule has 1 rings (SSSR count). The third-order valence-corrected chi connectivity index (χ3v) is 2.95. The first-order chi connectivity index (χ1) is 6.01. The normalized spacial score (nSPS) is 28.5. The standard InChI is InChI=1S/C10H20N2O/c1-8(2)9(13)12-6-4-5-10(12,3)7-11/h8H,4-7,11H2,1-3H3. The largest absolute Gasteiger partial charge is 0.336 e. The van der Waals surface area contributed by atoms with Gasteiger partial charge in [0.15, 0.2) is 0 Å². The number of amides is 1. The Hall–Kier alpha value is -0.570. The Morgan fingerprint density at radius 1 is 1.62 bits per heavy atom. The summed E-state index contributed by atoms with van der Waals surface area (Å²) >= 11 is 0. The minimum absolute atomic E-state index is 0.0820. The van der Waals surface area contributed by atoms with Crippen LogP contribution in [0.3, 0.4) is 0 Å². The number of hydrogen-bond acceptors (Lipinski definition) is 2. The van der Waals surface area contributed by atoms with E-state index in [0.717, 1.165) is 19.4 Å². The van der Waals surface area contributed by atoms with E-state index in [2.05, 4.69) is 6.92 Å². The van der Waals surface area contributed by atoms with Crippen molar-refractivity contribution in [3.63, 3.8) is 0 Å². The predicted octanol–water partition coefficient (Wildman–Crippen LogP) is 0.982. The van der Waals surface area contributed by atoms with Crippen LogP contribution in [-0.2, 0) is 4.79 Å². The zero-order valence-corrected chi connectivity index (χ0v) is 8.84. The highest BCUT2D eigenvalue weighted by Crippen LogP contribution is 2.29. The highest BCUT2D eigenvalue weighted by Gasteiger charge is 2.38. The van der Waals surface area contributed by atoms with Crippen molar-refractivity contribution >= 4 is 5.91 Å². The predicted molar refractivity (Wildman–Crippen MR) is 53.2 cm³/mol. The molecule has 1 heterocycles. The molecule has 0 aromatic heterocycles. The smallest absolute Gasteiger partial charge is 0.225 e. The molecule has 2 N–H and O–H groups in total. The Kier molecular flexibility index (Phi) is 2.96. The molecule has 0 bridgehead atoms. The lowest BCUT2D eigenvalue weighted by Crippen LogP contribution is -2.51. The summed E-state index contributed by atoms with van der Waals surface area (Å²) in [7, 11) is 0. The zero-order valence-electron chi connectivity index (χ0n) is 8.84. The number of carbonyl (C=O) groups excluding carboxylic acids is 1. The van der Waals surface area contributed by atoms with E-state index >= 15 is 0 Å². The summed E-state index contributed by atoms with van der Waals surface area (Å²) in [6.07, 6.45) is 2.13. The van der Waals surface area contributed by atoms with Crippen LogP contribution in [0.4, 0.5) is 0 Å². The summed E-state index contributed by atoms with van der Waals surface area (Å²) < 4.78 is 0. The second kappa shape index (κ2) is 3.66. The van der Waals surface area contributed by atoms with Crippen molar-refractivity contribution in [2.75, 3.05) is 13.1 Å². The number of rotatable bonds is 2.